The Morgan fingerprint density at radius 3 is 2.11 bits per heavy atom. The van der Waals surface area contributed by atoms with Gasteiger partial charge >= 0.3 is 0 Å². The molecular weight excluding hydrogens is 674 g/mol. The van der Waals surface area contributed by atoms with Gasteiger partial charge < -0.3 is 10.2 Å². The normalized spacial score (nSPS) is 12.3. The van der Waals surface area contributed by atoms with E-state index in [1.165, 1.54) is 23.1 Å². The molecule has 1 N–H and O–H groups in total. The van der Waals surface area contributed by atoms with Crippen molar-refractivity contribution in [1.82, 2.24) is 10.2 Å². The largest absolute Gasteiger partial charge is 0.350 e. The molecule has 236 valence electrons. The number of nitrogens with zero attached hydrogens (tertiary/aromatic N) is 2. The standard InChI is InChI=1S/C35H37BrClN3O4S/c1-25-13-19-31(20-14-25)45(43,44)40(30-12-8-11-29(37)22-30)24-33(41)39(23-27-15-17-28(36)18-16-27)32(34(42)38-35(2,3)4)21-26-9-6-5-7-10-26/h5-20,22,32H,21,23-24H2,1-4H3,(H,38,42)/t32-/m0/s1. The lowest BCUT2D eigenvalue weighted by molar-refractivity contribution is -0.140. The molecule has 0 aliphatic carbocycles. The number of nitrogens with one attached hydrogen (secondary N) is 1. The Kier molecular flexibility index (Phi) is 11.1. The van der Waals surface area contributed by atoms with Gasteiger partial charge in [0.25, 0.3) is 10.0 Å². The fraction of sp³-hybridized carbons (Fsp3) is 0.257. The fourth-order valence-corrected chi connectivity index (χ4v) is 6.65. The number of anilines is 1. The first-order valence-electron chi connectivity index (χ1n) is 14.5. The first kappa shape index (κ1) is 34.2. The van der Waals surface area contributed by atoms with Crippen molar-refractivity contribution in [3.05, 3.63) is 129 Å². The second-order valence-corrected chi connectivity index (χ2v) is 15.1. The van der Waals surface area contributed by atoms with Crippen LogP contribution in [0.3, 0.4) is 0 Å². The average molecular weight is 711 g/mol. The van der Waals surface area contributed by atoms with Gasteiger partial charge in [-0.3, -0.25) is 13.9 Å². The number of rotatable bonds is 11. The molecule has 1 atom stereocenters. The number of carbonyl (C=O) groups is 2. The Morgan fingerprint density at radius 2 is 1.51 bits per heavy atom. The highest BCUT2D eigenvalue weighted by Gasteiger charge is 2.35. The lowest BCUT2D eigenvalue weighted by Gasteiger charge is -2.35. The fourth-order valence-electron chi connectivity index (χ4n) is 4.79. The van der Waals surface area contributed by atoms with Crippen LogP contribution in [0.4, 0.5) is 5.69 Å². The van der Waals surface area contributed by atoms with Crippen LogP contribution in [0.1, 0.15) is 37.5 Å². The second kappa shape index (κ2) is 14.6. The van der Waals surface area contributed by atoms with Gasteiger partial charge in [-0.05, 0) is 81.3 Å². The Hall–Kier alpha value is -3.66. The van der Waals surface area contributed by atoms with Gasteiger partial charge in [0.2, 0.25) is 11.8 Å². The van der Waals surface area contributed by atoms with Crippen molar-refractivity contribution in [3.63, 3.8) is 0 Å². The molecule has 0 aromatic heterocycles. The summed E-state index contributed by atoms with van der Waals surface area (Å²) in [5.74, 6) is -0.883. The van der Waals surface area contributed by atoms with Crippen molar-refractivity contribution in [2.24, 2.45) is 0 Å². The maximum absolute atomic E-state index is 14.5. The second-order valence-electron chi connectivity index (χ2n) is 11.9. The predicted molar refractivity (Wildman–Crippen MR) is 184 cm³/mol. The van der Waals surface area contributed by atoms with Crippen LogP contribution in [-0.4, -0.2) is 43.3 Å². The van der Waals surface area contributed by atoms with Crippen molar-refractivity contribution in [2.45, 2.75) is 57.1 Å². The number of aryl methyl sites for hydroxylation is 1. The highest BCUT2D eigenvalue weighted by Crippen LogP contribution is 2.27. The molecule has 4 aromatic rings. The van der Waals surface area contributed by atoms with E-state index in [1.54, 1.807) is 30.3 Å². The van der Waals surface area contributed by atoms with Crippen LogP contribution in [0.15, 0.2) is 112 Å². The summed E-state index contributed by atoms with van der Waals surface area (Å²) in [6, 6.07) is 28.8. The SMILES string of the molecule is Cc1ccc(S(=O)(=O)N(CC(=O)N(Cc2ccc(Br)cc2)[C@@H](Cc2ccccc2)C(=O)NC(C)(C)C)c2cccc(Cl)c2)cc1. The maximum Gasteiger partial charge on any atom is 0.264 e. The van der Waals surface area contributed by atoms with Crippen molar-refractivity contribution in [2.75, 3.05) is 10.8 Å². The number of amides is 2. The Morgan fingerprint density at radius 1 is 0.867 bits per heavy atom. The molecule has 0 aliphatic heterocycles. The van der Waals surface area contributed by atoms with E-state index in [4.69, 9.17) is 11.6 Å². The van der Waals surface area contributed by atoms with Crippen LogP contribution < -0.4 is 9.62 Å². The zero-order valence-electron chi connectivity index (χ0n) is 25.7. The van der Waals surface area contributed by atoms with Crippen LogP contribution in [-0.2, 0) is 32.6 Å². The van der Waals surface area contributed by atoms with Crippen LogP contribution in [0.2, 0.25) is 5.02 Å². The molecule has 0 saturated carbocycles. The molecule has 4 rings (SSSR count). The number of carbonyl (C=O) groups excluding carboxylic acids is 2. The summed E-state index contributed by atoms with van der Waals surface area (Å²) in [6.45, 7) is 7.02. The zero-order chi connectivity index (χ0) is 32.8. The molecule has 10 heteroatoms. The summed E-state index contributed by atoms with van der Waals surface area (Å²) < 4.78 is 30.2. The summed E-state index contributed by atoms with van der Waals surface area (Å²) in [4.78, 5) is 30.0. The minimum absolute atomic E-state index is 0.0339. The van der Waals surface area contributed by atoms with Gasteiger partial charge in [0.05, 0.1) is 10.6 Å². The van der Waals surface area contributed by atoms with Gasteiger partial charge in [-0.15, -0.1) is 0 Å². The topological polar surface area (TPSA) is 86.8 Å². The zero-order valence-corrected chi connectivity index (χ0v) is 28.9. The van der Waals surface area contributed by atoms with Gasteiger partial charge in [-0.2, -0.15) is 0 Å². The van der Waals surface area contributed by atoms with Crippen LogP contribution >= 0.6 is 27.5 Å². The van der Waals surface area contributed by atoms with E-state index < -0.39 is 34.1 Å². The maximum atomic E-state index is 14.5. The quantitative estimate of drug-likeness (QED) is 0.179. The van der Waals surface area contributed by atoms with Crippen molar-refractivity contribution in [3.8, 4) is 0 Å². The van der Waals surface area contributed by atoms with E-state index in [-0.39, 0.29) is 29.5 Å². The molecule has 45 heavy (non-hydrogen) atoms. The molecule has 0 bridgehead atoms. The number of sulfonamides is 1. The van der Waals surface area contributed by atoms with E-state index in [2.05, 4.69) is 21.2 Å². The summed E-state index contributed by atoms with van der Waals surface area (Å²) in [7, 11) is -4.21. The monoisotopic (exact) mass is 709 g/mol. The molecule has 0 spiro atoms. The molecular formula is C35H37BrClN3O4S. The van der Waals surface area contributed by atoms with Gasteiger partial charge in [0.15, 0.2) is 0 Å². The summed E-state index contributed by atoms with van der Waals surface area (Å²) in [5, 5.41) is 3.36. The molecule has 0 fully saturated rings. The summed E-state index contributed by atoms with van der Waals surface area (Å²) in [6.07, 6.45) is 0.229. The van der Waals surface area contributed by atoms with Crippen molar-refractivity contribution < 1.29 is 18.0 Å². The van der Waals surface area contributed by atoms with Crippen LogP contribution in [0, 0.1) is 6.92 Å². The van der Waals surface area contributed by atoms with Gasteiger partial charge in [0.1, 0.15) is 12.6 Å². The van der Waals surface area contributed by atoms with E-state index >= 15 is 0 Å². The number of hydrogen-bond acceptors (Lipinski definition) is 4. The first-order valence-corrected chi connectivity index (χ1v) is 17.1. The van der Waals surface area contributed by atoms with Crippen LogP contribution in [0.25, 0.3) is 0 Å². The molecule has 0 unspecified atom stereocenters. The molecule has 7 nitrogen and oxygen atoms in total. The molecule has 0 aliphatic rings. The average Bonchev–Trinajstić information content (AvgIpc) is 2.98. The Bertz CT molecular complexity index is 1730. The third-order valence-corrected chi connectivity index (χ3v) is 9.57. The van der Waals surface area contributed by atoms with Crippen molar-refractivity contribution >= 4 is 55.1 Å². The summed E-state index contributed by atoms with van der Waals surface area (Å²) in [5.41, 5.74) is 2.20. The molecule has 0 heterocycles. The smallest absolute Gasteiger partial charge is 0.264 e. The number of hydrogen-bond donors (Lipinski definition) is 1. The van der Waals surface area contributed by atoms with Crippen molar-refractivity contribution in [1.29, 1.82) is 0 Å². The lowest BCUT2D eigenvalue weighted by atomic mass is 10.0. The predicted octanol–water partition coefficient (Wildman–Crippen LogP) is 7.16. The molecule has 4 aromatic carbocycles. The van der Waals surface area contributed by atoms with Gasteiger partial charge in [0, 0.05) is 28.0 Å². The van der Waals surface area contributed by atoms with E-state index in [0.29, 0.717) is 5.02 Å². The van der Waals surface area contributed by atoms with Gasteiger partial charge in [-0.25, -0.2) is 8.42 Å². The third-order valence-electron chi connectivity index (χ3n) is 7.02. The highest BCUT2D eigenvalue weighted by molar-refractivity contribution is 9.10. The Balaban J connectivity index is 1.81. The lowest BCUT2D eigenvalue weighted by Crippen LogP contribution is -2.56. The summed E-state index contributed by atoms with van der Waals surface area (Å²) >= 11 is 9.75. The van der Waals surface area contributed by atoms with Gasteiger partial charge in [-0.1, -0.05) is 93.8 Å². The molecule has 0 saturated heterocycles. The van der Waals surface area contributed by atoms with E-state index in [0.717, 1.165) is 25.5 Å². The minimum atomic E-state index is -4.21. The highest BCUT2D eigenvalue weighted by atomic mass is 79.9. The molecule has 2 amide bonds. The third kappa shape index (κ3) is 9.42. The van der Waals surface area contributed by atoms with Crippen LogP contribution in [0.5, 0.6) is 0 Å². The van der Waals surface area contributed by atoms with E-state index in [1.807, 2.05) is 82.3 Å². The number of benzene rings is 4. The number of halogens is 2. The molecule has 0 radical (unpaired) electrons. The Labute approximate surface area is 279 Å². The first-order chi connectivity index (χ1) is 21.2. The van der Waals surface area contributed by atoms with E-state index in [9.17, 15) is 18.0 Å². The minimum Gasteiger partial charge on any atom is -0.350 e.